The van der Waals surface area contributed by atoms with Crippen molar-refractivity contribution in [3.8, 4) is 11.3 Å². The van der Waals surface area contributed by atoms with Gasteiger partial charge in [0.1, 0.15) is 17.7 Å². The van der Waals surface area contributed by atoms with Gasteiger partial charge in [0.2, 0.25) is 17.7 Å². The minimum absolute atomic E-state index is 0.0173. The molecule has 0 bridgehead atoms. The number of likely N-dealkylation sites (tertiary alicyclic amines) is 1. The molecule has 9 heteroatoms. The summed E-state index contributed by atoms with van der Waals surface area (Å²) in [7, 11) is 0. The van der Waals surface area contributed by atoms with E-state index in [2.05, 4.69) is 10.3 Å². The zero-order chi connectivity index (χ0) is 20.7. The van der Waals surface area contributed by atoms with Gasteiger partial charge < -0.3 is 5.32 Å². The molecule has 1 N–H and O–H groups in total. The number of hydrogen-bond donors (Lipinski definition) is 1. The van der Waals surface area contributed by atoms with Gasteiger partial charge in [-0.3, -0.25) is 19.3 Å². The minimum Gasteiger partial charge on any atom is -0.300 e. The SMILES string of the molecule is C[C@@H](C(=O)Nc1nc(-c2cc(F)ccc2F)cs1)N1C(=O)[C@@H]2CC=CC[C@H]2C1=O. The lowest BCUT2D eigenvalue weighted by molar-refractivity contribution is -0.146. The molecule has 2 aromatic rings. The van der Waals surface area contributed by atoms with Crippen LogP contribution >= 0.6 is 11.3 Å². The molecule has 0 saturated carbocycles. The number of benzene rings is 1. The first-order valence-corrected chi connectivity index (χ1v) is 9.98. The number of nitrogens with one attached hydrogen (secondary N) is 1. The summed E-state index contributed by atoms with van der Waals surface area (Å²) in [4.78, 5) is 43.0. The summed E-state index contributed by atoms with van der Waals surface area (Å²) in [5.41, 5.74) is 0.164. The van der Waals surface area contributed by atoms with Gasteiger partial charge in [0.15, 0.2) is 5.13 Å². The van der Waals surface area contributed by atoms with Gasteiger partial charge in [0.25, 0.3) is 0 Å². The third kappa shape index (κ3) is 3.46. The van der Waals surface area contributed by atoms with Crippen molar-refractivity contribution in [1.29, 1.82) is 0 Å². The lowest BCUT2D eigenvalue weighted by Crippen LogP contribution is -2.46. The maximum atomic E-state index is 13.9. The van der Waals surface area contributed by atoms with Crippen LogP contribution in [-0.2, 0) is 14.4 Å². The fraction of sp³-hybridized carbons (Fsp3) is 0.300. The lowest BCUT2D eigenvalue weighted by Gasteiger charge is -2.21. The van der Waals surface area contributed by atoms with Crippen LogP contribution in [0.1, 0.15) is 19.8 Å². The molecule has 150 valence electrons. The van der Waals surface area contributed by atoms with Gasteiger partial charge >= 0.3 is 0 Å². The molecule has 0 unspecified atom stereocenters. The average molecular weight is 417 g/mol. The number of carbonyl (C=O) groups excluding carboxylic acids is 3. The standard InChI is InChI=1S/C20H17F2N3O3S/c1-10(25-18(27)12-4-2-3-5-13(12)19(25)28)17(26)24-20-23-16(9-29-20)14-8-11(21)6-7-15(14)22/h2-3,6-10,12-13H,4-5H2,1H3,(H,23,24,26)/t10-,12+,13+/m0/s1. The summed E-state index contributed by atoms with van der Waals surface area (Å²) < 4.78 is 27.3. The number of imide groups is 1. The van der Waals surface area contributed by atoms with Crippen LogP contribution in [0, 0.1) is 23.5 Å². The number of amides is 3. The van der Waals surface area contributed by atoms with Crippen molar-refractivity contribution in [2.24, 2.45) is 11.8 Å². The number of aromatic nitrogens is 1. The maximum Gasteiger partial charge on any atom is 0.249 e. The molecule has 1 saturated heterocycles. The summed E-state index contributed by atoms with van der Waals surface area (Å²) in [6, 6.07) is 2.03. The number of halogens is 2. The second-order valence-corrected chi connectivity index (χ2v) is 7.89. The molecule has 3 atom stereocenters. The molecule has 0 spiro atoms. The van der Waals surface area contributed by atoms with E-state index in [4.69, 9.17) is 0 Å². The molecule has 1 aliphatic carbocycles. The molecule has 1 aromatic heterocycles. The van der Waals surface area contributed by atoms with Gasteiger partial charge in [-0.05, 0) is 38.0 Å². The number of rotatable bonds is 4. The molecule has 1 fully saturated rings. The van der Waals surface area contributed by atoms with E-state index in [9.17, 15) is 23.2 Å². The molecule has 1 aromatic carbocycles. The average Bonchev–Trinajstić information content (AvgIpc) is 3.26. The molecule has 3 amide bonds. The van der Waals surface area contributed by atoms with Crippen molar-refractivity contribution in [3.63, 3.8) is 0 Å². The highest BCUT2D eigenvalue weighted by atomic mass is 32.1. The van der Waals surface area contributed by atoms with E-state index in [1.54, 1.807) is 0 Å². The van der Waals surface area contributed by atoms with Gasteiger partial charge in [-0.2, -0.15) is 0 Å². The zero-order valence-electron chi connectivity index (χ0n) is 15.4. The van der Waals surface area contributed by atoms with Gasteiger partial charge in [-0.25, -0.2) is 13.8 Å². The quantitative estimate of drug-likeness (QED) is 0.611. The van der Waals surface area contributed by atoms with Crippen molar-refractivity contribution in [2.75, 3.05) is 5.32 Å². The Kier molecular flexibility index (Phi) is 4.99. The fourth-order valence-corrected chi connectivity index (χ4v) is 4.40. The van der Waals surface area contributed by atoms with Gasteiger partial charge in [0, 0.05) is 10.9 Å². The fourth-order valence-electron chi connectivity index (χ4n) is 3.68. The number of hydrogen-bond acceptors (Lipinski definition) is 5. The van der Waals surface area contributed by atoms with E-state index >= 15 is 0 Å². The Hall–Kier alpha value is -2.94. The Morgan fingerprint density at radius 1 is 1.21 bits per heavy atom. The highest BCUT2D eigenvalue weighted by molar-refractivity contribution is 7.14. The Morgan fingerprint density at radius 2 is 1.86 bits per heavy atom. The van der Waals surface area contributed by atoms with Crippen molar-refractivity contribution in [2.45, 2.75) is 25.8 Å². The summed E-state index contributed by atoms with van der Waals surface area (Å²) in [6.07, 6.45) is 4.75. The minimum atomic E-state index is -1.00. The van der Waals surface area contributed by atoms with Crippen molar-refractivity contribution in [3.05, 3.63) is 47.4 Å². The van der Waals surface area contributed by atoms with Gasteiger partial charge in [-0.1, -0.05) is 12.2 Å². The molecule has 29 heavy (non-hydrogen) atoms. The van der Waals surface area contributed by atoms with E-state index in [0.29, 0.717) is 12.8 Å². The number of allylic oxidation sites excluding steroid dienone is 2. The topological polar surface area (TPSA) is 79.4 Å². The van der Waals surface area contributed by atoms with Crippen LogP contribution in [0.25, 0.3) is 11.3 Å². The highest BCUT2D eigenvalue weighted by Crippen LogP contribution is 2.36. The summed E-state index contributed by atoms with van der Waals surface area (Å²) in [5.74, 6) is -3.31. The van der Waals surface area contributed by atoms with Gasteiger partial charge in [-0.15, -0.1) is 11.3 Å². The molecule has 1 aliphatic heterocycles. The second-order valence-electron chi connectivity index (χ2n) is 7.03. The van der Waals surface area contributed by atoms with E-state index in [1.165, 1.54) is 12.3 Å². The van der Waals surface area contributed by atoms with Crippen LogP contribution in [0.3, 0.4) is 0 Å². The number of fused-ring (bicyclic) bond motifs is 1. The first-order valence-electron chi connectivity index (χ1n) is 9.10. The van der Waals surface area contributed by atoms with E-state index in [0.717, 1.165) is 34.4 Å². The van der Waals surface area contributed by atoms with Crippen LogP contribution in [-0.4, -0.2) is 33.6 Å². The number of anilines is 1. The van der Waals surface area contributed by atoms with Crippen molar-refractivity contribution < 1.29 is 23.2 Å². The number of carbonyl (C=O) groups is 3. The molecule has 6 nitrogen and oxygen atoms in total. The predicted molar refractivity (Wildman–Crippen MR) is 103 cm³/mol. The van der Waals surface area contributed by atoms with Crippen LogP contribution in [0.15, 0.2) is 35.7 Å². The second kappa shape index (κ2) is 7.47. The van der Waals surface area contributed by atoms with Crippen molar-refractivity contribution in [1.82, 2.24) is 9.88 Å². The first-order chi connectivity index (χ1) is 13.9. The molecule has 0 radical (unpaired) electrons. The first kappa shape index (κ1) is 19.4. The van der Waals surface area contributed by atoms with Gasteiger partial charge in [0.05, 0.1) is 17.5 Å². The summed E-state index contributed by atoms with van der Waals surface area (Å²) in [6.45, 7) is 1.48. The highest BCUT2D eigenvalue weighted by Gasteiger charge is 2.50. The molecular weight excluding hydrogens is 400 g/mol. The van der Waals surface area contributed by atoms with Crippen LogP contribution < -0.4 is 5.32 Å². The molecule has 2 aliphatic rings. The largest absolute Gasteiger partial charge is 0.300 e. The van der Waals surface area contributed by atoms with E-state index in [-0.39, 0.29) is 28.2 Å². The third-order valence-electron chi connectivity index (χ3n) is 5.25. The van der Waals surface area contributed by atoms with E-state index in [1.807, 2.05) is 12.2 Å². The van der Waals surface area contributed by atoms with Crippen LogP contribution in [0.2, 0.25) is 0 Å². The zero-order valence-corrected chi connectivity index (χ0v) is 16.2. The molecular formula is C20H17F2N3O3S. The predicted octanol–water partition coefficient (Wildman–Crippen LogP) is 3.37. The number of thiazole rings is 1. The summed E-state index contributed by atoms with van der Waals surface area (Å²) in [5, 5.41) is 4.21. The summed E-state index contributed by atoms with van der Waals surface area (Å²) >= 11 is 1.04. The molecule has 2 heterocycles. The number of nitrogens with zero attached hydrogens (tertiary/aromatic N) is 2. The maximum absolute atomic E-state index is 13.9. The van der Waals surface area contributed by atoms with E-state index < -0.39 is 35.4 Å². The molecule has 4 rings (SSSR count). The lowest BCUT2D eigenvalue weighted by atomic mass is 9.85. The van der Waals surface area contributed by atoms with Crippen molar-refractivity contribution >= 4 is 34.2 Å². The van der Waals surface area contributed by atoms with Crippen LogP contribution in [0.5, 0.6) is 0 Å². The smallest absolute Gasteiger partial charge is 0.249 e. The Balaban J connectivity index is 1.49. The third-order valence-corrected chi connectivity index (χ3v) is 6.00. The van der Waals surface area contributed by atoms with Crippen LogP contribution in [0.4, 0.5) is 13.9 Å². The Labute approximate surface area is 169 Å². The monoisotopic (exact) mass is 417 g/mol. The Morgan fingerprint density at radius 3 is 2.52 bits per heavy atom. The normalized spacial score (nSPS) is 22.0. The Bertz CT molecular complexity index is 1010.